The van der Waals surface area contributed by atoms with Gasteiger partial charge in [-0.2, -0.15) is 0 Å². The molecule has 1 saturated heterocycles. The van der Waals surface area contributed by atoms with E-state index in [9.17, 15) is 4.79 Å². The first-order chi connectivity index (χ1) is 8.85. The molecule has 1 aliphatic rings. The molecule has 1 unspecified atom stereocenters. The monoisotopic (exact) mass is 263 g/mol. The minimum Gasteiger partial charge on any atom is -0.444 e. The lowest BCUT2D eigenvalue weighted by molar-refractivity contribution is 0.0292. The minimum atomic E-state index is -0.450. The van der Waals surface area contributed by atoms with Gasteiger partial charge in [0.2, 0.25) is 0 Å². The lowest BCUT2D eigenvalue weighted by Gasteiger charge is -2.24. The molecule has 2 rings (SSSR count). The van der Waals surface area contributed by atoms with E-state index in [2.05, 4.69) is 4.98 Å². The summed E-state index contributed by atoms with van der Waals surface area (Å²) >= 11 is 0. The van der Waals surface area contributed by atoms with Gasteiger partial charge in [0.15, 0.2) is 0 Å². The van der Waals surface area contributed by atoms with Crippen molar-refractivity contribution in [3.05, 3.63) is 24.0 Å². The van der Waals surface area contributed by atoms with Crippen LogP contribution in [0.3, 0.4) is 0 Å². The molecular weight excluding hydrogens is 242 g/mol. The summed E-state index contributed by atoms with van der Waals surface area (Å²) in [4.78, 5) is 17.8. The van der Waals surface area contributed by atoms with E-state index < -0.39 is 5.60 Å². The predicted octanol–water partition coefficient (Wildman–Crippen LogP) is 2.39. The Balaban J connectivity index is 1.98. The molecular formula is C14H21N3O2. The SMILES string of the molecule is CC(C)(C)OC(=O)N1CCC(c2cncc(N)c2)C1. The van der Waals surface area contributed by atoms with Gasteiger partial charge in [-0.1, -0.05) is 0 Å². The van der Waals surface area contributed by atoms with Gasteiger partial charge in [0.05, 0.1) is 5.69 Å². The number of rotatable bonds is 1. The highest BCUT2D eigenvalue weighted by Crippen LogP contribution is 2.28. The molecule has 104 valence electrons. The Bertz CT molecular complexity index is 468. The molecule has 1 amide bonds. The quantitative estimate of drug-likeness (QED) is 0.844. The number of likely N-dealkylation sites (tertiary alicyclic amines) is 1. The molecule has 5 heteroatoms. The number of pyridine rings is 1. The number of nitrogens with two attached hydrogens (primary N) is 1. The standard InChI is InChI=1S/C14H21N3O2/c1-14(2,3)19-13(18)17-5-4-10(9-17)11-6-12(15)8-16-7-11/h6-8,10H,4-5,9,15H2,1-3H3. The molecule has 0 radical (unpaired) electrons. The Kier molecular flexibility index (Phi) is 3.64. The van der Waals surface area contributed by atoms with E-state index in [-0.39, 0.29) is 6.09 Å². The summed E-state index contributed by atoms with van der Waals surface area (Å²) in [7, 11) is 0. The molecule has 1 fully saturated rings. The fourth-order valence-corrected chi connectivity index (χ4v) is 2.22. The predicted molar refractivity (Wildman–Crippen MR) is 73.8 cm³/mol. The zero-order valence-corrected chi connectivity index (χ0v) is 11.7. The van der Waals surface area contributed by atoms with Gasteiger partial charge in [-0.25, -0.2) is 4.79 Å². The Hall–Kier alpha value is -1.78. The number of amides is 1. The van der Waals surface area contributed by atoms with E-state index in [1.165, 1.54) is 0 Å². The maximum atomic E-state index is 12.0. The van der Waals surface area contributed by atoms with Gasteiger partial charge in [0, 0.05) is 31.4 Å². The molecule has 1 aromatic heterocycles. The zero-order chi connectivity index (χ0) is 14.0. The fraction of sp³-hybridized carbons (Fsp3) is 0.571. The maximum absolute atomic E-state index is 12.0. The van der Waals surface area contributed by atoms with Crippen molar-refractivity contribution < 1.29 is 9.53 Å². The first kappa shape index (κ1) is 13.6. The van der Waals surface area contributed by atoms with E-state index in [0.29, 0.717) is 24.7 Å². The molecule has 0 spiro atoms. The average molecular weight is 263 g/mol. The van der Waals surface area contributed by atoms with Gasteiger partial charge in [0.1, 0.15) is 5.60 Å². The maximum Gasteiger partial charge on any atom is 0.410 e. The summed E-state index contributed by atoms with van der Waals surface area (Å²) in [5, 5.41) is 0. The number of hydrogen-bond donors (Lipinski definition) is 1. The first-order valence-corrected chi connectivity index (χ1v) is 6.53. The third-order valence-electron chi connectivity index (χ3n) is 3.09. The topological polar surface area (TPSA) is 68.5 Å². The van der Waals surface area contributed by atoms with E-state index in [1.807, 2.05) is 33.0 Å². The summed E-state index contributed by atoms with van der Waals surface area (Å²) < 4.78 is 5.38. The Labute approximate surface area is 113 Å². The smallest absolute Gasteiger partial charge is 0.410 e. The van der Waals surface area contributed by atoms with Crippen molar-refractivity contribution in [1.82, 2.24) is 9.88 Å². The molecule has 0 saturated carbocycles. The third kappa shape index (κ3) is 3.59. The molecule has 0 bridgehead atoms. The van der Waals surface area contributed by atoms with Crippen molar-refractivity contribution >= 4 is 11.8 Å². The average Bonchev–Trinajstić information content (AvgIpc) is 2.75. The van der Waals surface area contributed by atoms with E-state index in [1.54, 1.807) is 11.1 Å². The Morgan fingerprint density at radius 3 is 2.84 bits per heavy atom. The summed E-state index contributed by atoms with van der Waals surface area (Å²) in [6, 6.07) is 1.93. The normalized spacial score (nSPS) is 19.5. The second-order valence-corrected chi connectivity index (χ2v) is 5.96. The van der Waals surface area contributed by atoms with Gasteiger partial charge >= 0.3 is 6.09 Å². The second kappa shape index (κ2) is 5.07. The van der Waals surface area contributed by atoms with Crippen LogP contribution < -0.4 is 5.73 Å². The molecule has 2 N–H and O–H groups in total. The lowest BCUT2D eigenvalue weighted by atomic mass is 10.0. The molecule has 19 heavy (non-hydrogen) atoms. The number of hydrogen-bond acceptors (Lipinski definition) is 4. The number of carbonyl (C=O) groups is 1. The van der Waals surface area contributed by atoms with Crippen LogP contribution in [0.5, 0.6) is 0 Å². The summed E-state index contributed by atoms with van der Waals surface area (Å²) in [5.41, 5.74) is 7.04. The van der Waals surface area contributed by atoms with Crippen molar-refractivity contribution in [2.24, 2.45) is 0 Å². The van der Waals surface area contributed by atoms with E-state index in [0.717, 1.165) is 12.0 Å². The summed E-state index contributed by atoms with van der Waals surface area (Å²) in [5.74, 6) is 0.295. The largest absolute Gasteiger partial charge is 0.444 e. The molecule has 1 atom stereocenters. The molecule has 5 nitrogen and oxygen atoms in total. The van der Waals surface area contributed by atoms with Crippen molar-refractivity contribution in [2.75, 3.05) is 18.8 Å². The number of nitrogen functional groups attached to an aromatic ring is 1. The van der Waals surface area contributed by atoms with Gasteiger partial charge in [-0.3, -0.25) is 4.98 Å². The number of nitrogens with zero attached hydrogens (tertiary/aromatic N) is 2. The first-order valence-electron chi connectivity index (χ1n) is 6.53. The van der Waals surface area contributed by atoms with Crippen LogP contribution in [0.2, 0.25) is 0 Å². The Morgan fingerprint density at radius 2 is 2.21 bits per heavy atom. The van der Waals surface area contributed by atoms with Crippen LogP contribution in [0.4, 0.5) is 10.5 Å². The summed E-state index contributed by atoms with van der Waals surface area (Å²) in [6.45, 7) is 7.01. The summed E-state index contributed by atoms with van der Waals surface area (Å²) in [6.07, 6.45) is 4.13. The van der Waals surface area contributed by atoms with Gasteiger partial charge < -0.3 is 15.4 Å². The highest BCUT2D eigenvalue weighted by molar-refractivity contribution is 5.68. The van der Waals surface area contributed by atoms with Crippen molar-refractivity contribution in [2.45, 2.75) is 38.7 Å². The Morgan fingerprint density at radius 1 is 1.47 bits per heavy atom. The number of aromatic nitrogens is 1. The third-order valence-corrected chi connectivity index (χ3v) is 3.09. The number of carbonyl (C=O) groups excluding carboxylic acids is 1. The van der Waals surface area contributed by atoms with Crippen molar-refractivity contribution in [1.29, 1.82) is 0 Å². The van der Waals surface area contributed by atoms with Gasteiger partial charge in [0.25, 0.3) is 0 Å². The fourth-order valence-electron chi connectivity index (χ4n) is 2.22. The van der Waals surface area contributed by atoms with Crippen LogP contribution >= 0.6 is 0 Å². The highest BCUT2D eigenvalue weighted by Gasteiger charge is 2.30. The van der Waals surface area contributed by atoms with Crippen LogP contribution in [-0.2, 0) is 4.74 Å². The molecule has 0 aliphatic carbocycles. The lowest BCUT2D eigenvalue weighted by Crippen LogP contribution is -2.35. The van der Waals surface area contributed by atoms with E-state index in [4.69, 9.17) is 10.5 Å². The van der Waals surface area contributed by atoms with Crippen molar-refractivity contribution in [3.63, 3.8) is 0 Å². The second-order valence-electron chi connectivity index (χ2n) is 5.96. The van der Waals surface area contributed by atoms with Gasteiger partial charge in [-0.05, 0) is 38.8 Å². The molecule has 2 heterocycles. The number of anilines is 1. The van der Waals surface area contributed by atoms with Crippen molar-refractivity contribution in [3.8, 4) is 0 Å². The highest BCUT2D eigenvalue weighted by atomic mass is 16.6. The van der Waals surface area contributed by atoms with Crippen LogP contribution in [-0.4, -0.2) is 34.7 Å². The van der Waals surface area contributed by atoms with Gasteiger partial charge in [-0.15, -0.1) is 0 Å². The zero-order valence-electron chi connectivity index (χ0n) is 11.7. The van der Waals surface area contributed by atoms with Crippen LogP contribution in [0.25, 0.3) is 0 Å². The van der Waals surface area contributed by atoms with E-state index >= 15 is 0 Å². The van der Waals surface area contributed by atoms with Crippen LogP contribution in [0.15, 0.2) is 18.5 Å². The number of ether oxygens (including phenoxy) is 1. The molecule has 0 aromatic carbocycles. The van der Waals surface area contributed by atoms with Crippen LogP contribution in [0, 0.1) is 0 Å². The van der Waals surface area contributed by atoms with Crippen LogP contribution in [0.1, 0.15) is 38.7 Å². The molecule has 1 aromatic rings. The molecule has 1 aliphatic heterocycles. The minimum absolute atomic E-state index is 0.244.